The largest absolute Gasteiger partial charge is 0.388 e. The van der Waals surface area contributed by atoms with E-state index in [1.807, 2.05) is 19.3 Å². The smallest absolute Gasteiger partial charge is 0.0564 e. The Labute approximate surface area is 104 Å². The van der Waals surface area contributed by atoms with Crippen LogP contribution in [0.5, 0.6) is 0 Å². The average molecular weight is 234 g/mol. The molecule has 1 aliphatic heterocycles. The van der Waals surface area contributed by atoms with Gasteiger partial charge in [-0.2, -0.15) is 0 Å². The molecule has 4 nitrogen and oxygen atoms in total. The highest BCUT2D eigenvalue weighted by molar-refractivity contribution is 5.42. The number of likely N-dealkylation sites (N-methyl/N-ethyl adjacent to an activating group) is 1. The van der Waals surface area contributed by atoms with Crippen LogP contribution in [0.2, 0.25) is 0 Å². The fraction of sp³-hybridized carbons (Fsp3) is 0.615. The quantitative estimate of drug-likeness (QED) is 0.850. The van der Waals surface area contributed by atoms with Gasteiger partial charge in [0.15, 0.2) is 0 Å². The van der Waals surface area contributed by atoms with E-state index in [-0.39, 0.29) is 0 Å². The molecule has 1 aromatic rings. The van der Waals surface area contributed by atoms with E-state index in [9.17, 15) is 0 Å². The molecule has 2 heterocycles. The molecule has 1 atom stereocenters. The number of anilines is 1. The molecule has 1 saturated heterocycles. The first kappa shape index (κ1) is 12.3. The first-order chi connectivity index (χ1) is 8.19. The highest BCUT2D eigenvalue weighted by atomic mass is 15.2. The van der Waals surface area contributed by atoms with Crippen molar-refractivity contribution in [3.8, 4) is 0 Å². The maximum Gasteiger partial charge on any atom is 0.0564 e. The highest BCUT2D eigenvalue weighted by Crippen LogP contribution is 2.16. The van der Waals surface area contributed by atoms with Crippen LogP contribution >= 0.6 is 0 Å². The fourth-order valence-electron chi connectivity index (χ4n) is 2.33. The Bertz CT molecular complexity index is 364. The predicted octanol–water partition coefficient (Wildman–Crippen LogP) is 1.26. The van der Waals surface area contributed by atoms with Crippen LogP contribution in [0.4, 0.5) is 5.69 Å². The zero-order valence-electron chi connectivity index (χ0n) is 11.0. The number of pyridine rings is 1. The second-order valence-corrected chi connectivity index (χ2v) is 4.93. The maximum atomic E-state index is 4.43. The minimum Gasteiger partial charge on any atom is -0.388 e. The van der Waals surface area contributed by atoms with Crippen LogP contribution in [0, 0.1) is 0 Å². The molecule has 1 fully saturated rings. The summed E-state index contributed by atoms with van der Waals surface area (Å²) in [4.78, 5) is 9.22. The predicted molar refractivity (Wildman–Crippen MR) is 71.2 cm³/mol. The molecule has 0 bridgehead atoms. The lowest BCUT2D eigenvalue weighted by Gasteiger charge is -2.20. The molecule has 1 unspecified atom stereocenters. The van der Waals surface area contributed by atoms with Gasteiger partial charge in [0.2, 0.25) is 0 Å². The third-order valence-corrected chi connectivity index (χ3v) is 3.47. The molecule has 1 aromatic heterocycles. The molecule has 0 radical (unpaired) electrons. The Hall–Kier alpha value is -1.13. The zero-order chi connectivity index (χ0) is 12.3. The van der Waals surface area contributed by atoms with Crippen molar-refractivity contribution in [1.29, 1.82) is 0 Å². The van der Waals surface area contributed by atoms with E-state index in [2.05, 4.69) is 40.3 Å². The number of aromatic nitrogens is 1. The molecule has 4 heteroatoms. The molecule has 0 aliphatic carbocycles. The van der Waals surface area contributed by atoms with Crippen LogP contribution in [-0.4, -0.2) is 55.1 Å². The Morgan fingerprint density at radius 1 is 1.53 bits per heavy atom. The van der Waals surface area contributed by atoms with Gasteiger partial charge in [0, 0.05) is 44.6 Å². The lowest BCUT2D eigenvalue weighted by atomic mass is 10.2. The van der Waals surface area contributed by atoms with E-state index < -0.39 is 0 Å². The normalized spacial score (nSPS) is 21.1. The number of likely N-dealkylation sites (tertiary alicyclic amines) is 1. The van der Waals surface area contributed by atoms with Crippen molar-refractivity contribution in [2.75, 3.05) is 39.5 Å². The molecule has 0 amide bonds. The molecule has 0 spiro atoms. The molecule has 1 N–H and O–H groups in total. The molecular weight excluding hydrogens is 212 g/mol. The van der Waals surface area contributed by atoms with Gasteiger partial charge in [-0.05, 0) is 32.6 Å². The molecule has 1 aliphatic rings. The van der Waals surface area contributed by atoms with Gasteiger partial charge in [0.1, 0.15) is 0 Å². The first-order valence-electron chi connectivity index (χ1n) is 6.20. The van der Waals surface area contributed by atoms with Gasteiger partial charge < -0.3 is 10.2 Å². The molecule has 94 valence electrons. The molecule has 0 saturated carbocycles. The van der Waals surface area contributed by atoms with Crippen LogP contribution < -0.4 is 5.32 Å². The van der Waals surface area contributed by atoms with E-state index in [0.29, 0.717) is 6.04 Å². The Balaban J connectivity index is 1.93. The third-order valence-electron chi connectivity index (χ3n) is 3.47. The Morgan fingerprint density at radius 3 is 3.00 bits per heavy atom. The van der Waals surface area contributed by atoms with Crippen LogP contribution in [-0.2, 0) is 6.54 Å². The van der Waals surface area contributed by atoms with Crippen molar-refractivity contribution in [2.24, 2.45) is 0 Å². The second-order valence-electron chi connectivity index (χ2n) is 4.93. The van der Waals surface area contributed by atoms with E-state index in [1.54, 1.807) is 0 Å². The summed E-state index contributed by atoms with van der Waals surface area (Å²) >= 11 is 0. The molecule has 0 aromatic carbocycles. The number of hydrogen-bond acceptors (Lipinski definition) is 4. The van der Waals surface area contributed by atoms with Gasteiger partial charge in [-0.15, -0.1) is 0 Å². The third kappa shape index (κ3) is 3.17. The van der Waals surface area contributed by atoms with Gasteiger partial charge in [0.05, 0.1) is 5.69 Å². The summed E-state index contributed by atoms with van der Waals surface area (Å²) in [6.45, 7) is 3.28. The molecule has 17 heavy (non-hydrogen) atoms. The van der Waals surface area contributed by atoms with Gasteiger partial charge >= 0.3 is 0 Å². The van der Waals surface area contributed by atoms with Crippen LogP contribution in [0.3, 0.4) is 0 Å². The van der Waals surface area contributed by atoms with Crippen LogP contribution in [0.15, 0.2) is 18.3 Å². The van der Waals surface area contributed by atoms with Crippen LogP contribution in [0.1, 0.15) is 12.1 Å². The number of nitrogens with zero attached hydrogens (tertiary/aromatic N) is 3. The van der Waals surface area contributed by atoms with E-state index >= 15 is 0 Å². The molecular formula is C13H22N4. The van der Waals surface area contributed by atoms with Crippen molar-refractivity contribution < 1.29 is 0 Å². The summed E-state index contributed by atoms with van der Waals surface area (Å²) in [7, 11) is 6.26. The van der Waals surface area contributed by atoms with E-state index in [1.165, 1.54) is 13.0 Å². The Kier molecular flexibility index (Phi) is 3.97. The average Bonchev–Trinajstić information content (AvgIpc) is 2.78. The minimum atomic E-state index is 0.697. The topological polar surface area (TPSA) is 31.4 Å². The van der Waals surface area contributed by atoms with Crippen molar-refractivity contribution >= 4 is 5.69 Å². The SMILES string of the molecule is CNc1ccnc(CN2CCC(N(C)C)C2)c1. The monoisotopic (exact) mass is 234 g/mol. The van der Waals surface area contributed by atoms with Crippen molar-refractivity contribution in [2.45, 2.75) is 19.0 Å². The van der Waals surface area contributed by atoms with Crippen molar-refractivity contribution in [3.63, 3.8) is 0 Å². The van der Waals surface area contributed by atoms with Crippen LogP contribution in [0.25, 0.3) is 0 Å². The maximum absolute atomic E-state index is 4.43. The number of rotatable bonds is 4. The Morgan fingerprint density at radius 2 is 2.35 bits per heavy atom. The summed E-state index contributed by atoms with van der Waals surface area (Å²) in [6, 6.07) is 4.82. The standard InChI is InChI=1S/C13H22N4/c1-14-11-4-6-15-12(8-11)9-17-7-5-13(10-17)16(2)3/h4,6,8,13H,5,7,9-10H2,1-3H3,(H,14,15). The van der Waals surface area contributed by atoms with E-state index in [0.717, 1.165) is 24.5 Å². The number of nitrogens with one attached hydrogen (secondary N) is 1. The van der Waals surface area contributed by atoms with E-state index in [4.69, 9.17) is 0 Å². The summed E-state index contributed by atoms with van der Waals surface area (Å²) in [5, 5.41) is 3.15. The van der Waals surface area contributed by atoms with Gasteiger partial charge in [0.25, 0.3) is 0 Å². The minimum absolute atomic E-state index is 0.697. The van der Waals surface area contributed by atoms with Gasteiger partial charge in [-0.25, -0.2) is 0 Å². The second kappa shape index (κ2) is 5.47. The van der Waals surface area contributed by atoms with Crippen molar-refractivity contribution in [1.82, 2.24) is 14.8 Å². The first-order valence-corrected chi connectivity index (χ1v) is 6.20. The zero-order valence-corrected chi connectivity index (χ0v) is 11.0. The summed E-state index contributed by atoms with van der Waals surface area (Å²) in [6.07, 6.45) is 3.14. The molecule has 2 rings (SSSR count). The van der Waals surface area contributed by atoms with Gasteiger partial charge in [-0.3, -0.25) is 9.88 Å². The van der Waals surface area contributed by atoms with Gasteiger partial charge in [-0.1, -0.05) is 0 Å². The fourth-order valence-corrected chi connectivity index (χ4v) is 2.33. The summed E-state index contributed by atoms with van der Waals surface area (Å²) < 4.78 is 0. The van der Waals surface area contributed by atoms with Crippen molar-refractivity contribution in [3.05, 3.63) is 24.0 Å². The highest BCUT2D eigenvalue weighted by Gasteiger charge is 2.23. The lowest BCUT2D eigenvalue weighted by Crippen LogP contribution is -2.31. The summed E-state index contributed by atoms with van der Waals surface area (Å²) in [5.41, 5.74) is 2.29. The lowest BCUT2D eigenvalue weighted by molar-refractivity contribution is 0.263. The number of hydrogen-bond donors (Lipinski definition) is 1. The summed E-state index contributed by atoms with van der Waals surface area (Å²) in [5.74, 6) is 0.